The lowest BCUT2D eigenvalue weighted by Gasteiger charge is -2.04. The Morgan fingerprint density at radius 1 is 0.895 bits per heavy atom. The molecule has 1 heterocycles. The van der Waals surface area contributed by atoms with Crippen molar-refractivity contribution in [2.24, 2.45) is 7.05 Å². The summed E-state index contributed by atoms with van der Waals surface area (Å²) in [6.07, 6.45) is 0. The van der Waals surface area contributed by atoms with Gasteiger partial charge in [-0.2, -0.15) is 0 Å². The van der Waals surface area contributed by atoms with Gasteiger partial charge in [0.15, 0.2) is 0 Å². The molecular weight excluding hydrogens is 232 g/mol. The van der Waals surface area contributed by atoms with Crippen molar-refractivity contribution in [2.45, 2.75) is 20.8 Å². The summed E-state index contributed by atoms with van der Waals surface area (Å²) in [5.74, 6) is 1.03. The third-order valence-electron chi connectivity index (χ3n) is 3.81. The van der Waals surface area contributed by atoms with Crippen molar-refractivity contribution in [3.63, 3.8) is 0 Å². The zero-order valence-corrected chi connectivity index (χ0v) is 11.9. The molecule has 0 amide bonds. The predicted octanol–water partition coefficient (Wildman–Crippen LogP) is 4.17. The number of nitrogens with zero attached hydrogens (tertiary/aromatic N) is 2. The van der Waals surface area contributed by atoms with E-state index in [4.69, 9.17) is 4.98 Å². The van der Waals surface area contributed by atoms with Gasteiger partial charge in [0.25, 0.3) is 0 Å². The first-order chi connectivity index (χ1) is 9.06. The highest BCUT2D eigenvalue weighted by atomic mass is 15.1. The molecule has 96 valence electrons. The molecule has 2 heteroatoms. The molecule has 2 aromatic carbocycles. The van der Waals surface area contributed by atoms with Crippen molar-refractivity contribution in [1.29, 1.82) is 0 Å². The molecule has 0 atom stereocenters. The molecule has 0 fully saturated rings. The SMILES string of the molecule is Cc1ccc(-c2nc3cc(C)c(C)cc3n2C)cc1. The van der Waals surface area contributed by atoms with Crippen LogP contribution in [0.15, 0.2) is 36.4 Å². The number of aryl methyl sites for hydroxylation is 4. The Kier molecular flexibility index (Phi) is 2.67. The van der Waals surface area contributed by atoms with Crippen LogP contribution in [0.25, 0.3) is 22.4 Å². The minimum Gasteiger partial charge on any atom is -0.327 e. The van der Waals surface area contributed by atoms with Crippen LogP contribution in [0.5, 0.6) is 0 Å². The molecule has 0 bridgehead atoms. The average Bonchev–Trinajstić information content (AvgIpc) is 2.69. The van der Waals surface area contributed by atoms with Crippen LogP contribution >= 0.6 is 0 Å². The van der Waals surface area contributed by atoms with Crippen LogP contribution in [0.3, 0.4) is 0 Å². The van der Waals surface area contributed by atoms with Gasteiger partial charge in [-0.1, -0.05) is 29.8 Å². The van der Waals surface area contributed by atoms with Crippen molar-refractivity contribution in [2.75, 3.05) is 0 Å². The van der Waals surface area contributed by atoms with Crippen LogP contribution in [0, 0.1) is 20.8 Å². The van der Waals surface area contributed by atoms with E-state index in [9.17, 15) is 0 Å². The summed E-state index contributed by atoms with van der Waals surface area (Å²) in [4.78, 5) is 4.78. The molecule has 0 aliphatic heterocycles. The van der Waals surface area contributed by atoms with E-state index in [2.05, 4.69) is 68.8 Å². The third kappa shape index (κ3) is 1.93. The maximum atomic E-state index is 4.78. The second kappa shape index (κ2) is 4.23. The number of fused-ring (bicyclic) bond motifs is 1. The molecule has 0 spiro atoms. The summed E-state index contributed by atoms with van der Waals surface area (Å²) < 4.78 is 2.17. The Morgan fingerprint density at radius 3 is 2.21 bits per heavy atom. The minimum absolute atomic E-state index is 1.03. The molecule has 3 aromatic rings. The Hall–Kier alpha value is -2.09. The average molecular weight is 250 g/mol. The molecule has 3 rings (SSSR count). The minimum atomic E-state index is 1.03. The van der Waals surface area contributed by atoms with E-state index in [-0.39, 0.29) is 0 Å². The lowest BCUT2D eigenvalue weighted by atomic mass is 10.1. The van der Waals surface area contributed by atoms with Gasteiger partial charge in [0.1, 0.15) is 5.82 Å². The van der Waals surface area contributed by atoms with Crippen LogP contribution in [0.1, 0.15) is 16.7 Å². The maximum Gasteiger partial charge on any atom is 0.140 e. The van der Waals surface area contributed by atoms with Crippen LogP contribution < -0.4 is 0 Å². The van der Waals surface area contributed by atoms with Gasteiger partial charge in [-0.25, -0.2) is 4.98 Å². The number of benzene rings is 2. The van der Waals surface area contributed by atoms with E-state index < -0.39 is 0 Å². The van der Waals surface area contributed by atoms with Gasteiger partial charge in [0.05, 0.1) is 11.0 Å². The molecule has 0 saturated heterocycles. The topological polar surface area (TPSA) is 17.8 Å². The molecule has 2 nitrogen and oxygen atoms in total. The summed E-state index contributed by atoms with van der Waals surface area (Å²) in [6, 6.07) is 12.9. The Balaban J connectivity index is 2.25. The van der Waals surface area contributed by atoms with Crippen molar-refractivity contribution in [3.8, 4) is 11.4 Å². The maximum absolute atomic E-state index is 4.78. The van der Waals surface area contributed by atoms with Crippen LogP contribution in [0.2, 0.25) is 0 Å². The first-order valence-electron chi connectivity index (χ1n) is 6.57. The summed E-state index contributed by atoms with van der Waals surface area (Å²) >= 11 is 0. The van der Waals surface area contributed by atoms with E-state index in [0.29, 0.717) is 0 Å². The van der Waals surface area contributed by atoms with E-state index in [1.807, 2.05) is 0 Å². The highest BCUT2D eigenvalue weighted by molar-refractivity contribution is 5.82. The van der Waals surface area contributed by atoms with E-state index in [1.165, 1.54) is 27.8 Å². The molecule has 1 aromatic heterocycles. The summed E-state index contributed by atoms with van der Waals surface area (Å²) in [6.45, 7) is 6.38. The molecule has 19 heavy (non-hydrogen) atoms. The molecule has 0 radical (unpaired) electrons. The molecule has 0 aliphatic carbocycles. The van der Waals surface area contributed by atoms with Crippen molar-refractivity contribution >= 4 is 11.0 Å². The van der Waals surface area contributed by atoms with Gasteiger partial charge in [-0.15, -0.1) is 0 Å². The number of aromatic nitrogens is 2. The van der Waals surface area contributed by atoms with Gasteiger partial charge < -0.3 is 4.57 Å². The van der Waals surface area contributed by atoms with Crippen molar-refractivity contribution in [1.82, 2.24) is 9.55 Å². The predicted molar refractivity (Wildman–Crippen MR) is 80.4 cm³/mol. The Morgan fingerprint density at radius 2 is 1.53 bits per heavy atom. The molecule has 0 aliphatic rings. The summed E-state index contributed by atoms with van der Waals surface area (Å²) in [5.41, 5.74) is 7.31. The quantitative estimate of drug-likeness (QED) is 0.634. The van der Waals surface area contributed by atoms with Crippen LogP contribution in [-0.2, 0) is 7.05 Å². The fraction of sp³-hybridized carbons (Fsp3) is 0.235. The van der Waals surface area contributed by atoms with Gasteiger partial charge in [0, 0.05) is 12.6 Å². The number of rotatable bonds is 1. The first-order valence-corrected chi connectivity index (χ1v) is 6.57. The highest BCUT2D eigenvalue weighted by Crippen LogP contribution is 2.25. The largest absolute Gasteiger partial charge is 0.327 e. The van der Waals surface area contributed by atoms with Gasteiger partial charge in [-0.3, -0.25) is 0 Å². The van der Waals surface area contributed by atoms with Crippen LogP contribution in [0.4, 0.5) is 0 Å². The number of hydrogen-bond acceptors (Lipinski definition) is 1. The van der Waals surface area contributed by atoms with Crippen molar-refractivity contribution in [3.05, 3.63) is 53.1 Å². The van der Waals surface area contributed by atoms with Crippen LogP contribution in [-0.4, -0.2) is 9.55 Å². The third-order valence-corrected chi connectivity index (χ3v) is 3.81. The highest BCUT2D eigenvalue weighted by Gasteiger charge is 2.10. The molecule has 0 N–H and O–H groups in total. The lowest BCUT2D eigenvalue weighted by Crippen LogP contribution is -1.92. The van der Waals surface area contributed by atoms with Gasteiger partial charge in [-0.05, 0) is 44.0 Å². The number of imidazole rings is 1. The van der Waals surface area contributed by atoms with Crippen molar-refractivity contribution < 1.29 is 0 Å². The number of hydrogen-bond donors (Lipinski definition) is 0. The molecule has 0 unspecified atom stereocenters. The van der Waals surface area contributed by atoms with E-state index in [0.717, 1.165) is 11.3 Å². The summed E-state index contributed by atoms with van der Waals surface area (Å²) in [7, 11) is 2.08. The van der Waals surface area contributed by atoms with E-state index in [1.54, 1.807) is 0 Å². The summed E-state index contributed by atoms with van der Waals surface area (Å²) in [5, 5.41) is 0. The standard InChI is InChI=1S/C17H18N2/c1-11-5-7-14(8-6-11)17-18-15-9-12(2)13(3)10-16(15)19(17)4/h5-10H,1-4H3. The fourth-order valence-electron chi connectivity index (χ4n) is 2.41. The zero-order chi connectivity index (χ0) is 13.6. The Bertz CT molecular complexity index is 749. The lowest BCUT2D eigenvalue weighted by molar-refractivity contribution is 0.958. The normalized spacial score (nSPS) is 11.2. The second-order valence-corrected chi connectivity index (χ2v) is 5.29. The monoisotopic (exact) mass is 250 g/mol. The van der Waals surface area contributed by atoms with Gasteiger partial charge >= 0.3 is 0 Å². The molecule has 0 saturated carbocycles. The first kappa shape index (κ1) is 12.0. The van der Waals surface area contributed by atoms with Gasteiger partial charge in [0.2, 0.25) is 0 Å². The smallest absolute Gasteiger partial charge is 0.140 e. The fourth-order valence-corrected chi connectivity index (χ4v) is 2.41. The zero-order valence-electron chi connectivity index (χ0n) is 11.9. The molecular formula is C17H18N2. The second-order valence-electron chi connectivity index (χ2n) is 5.29. The Labute approximate surface area is 113 Å². The van der Waals surface area contributed by atoms with E-state index >= 15 is 0 Å².